The Morgan fingerprint density at radius 2 is 1.74 bits per heavy atom. The van der Waals surface area contributed by atoms with Crippen LogP contribution in [0.2, 0.25) is 0 Å². The monoisotopic (exact) mass is 429 g/mol. The summed E-state index contributed by atoms with van der Waals surface area (Å²) in [6.07, 6.45) is -0.124. The van der Waals surface area contributed by atoms with Crippen LogP contribution >= 0.6 is 0 Å². The second kappa shape index (κ2) is 7.77. The number of likely N-dealkylation sites (tertiary alicyclic amines) is 2. The van der Waals surface area contributed by atoms with Crippen molar-refractivity contribution < 1.29 is 24.3 Å². The van der Waals surface area contributed by atoms with Crippen molar-refractivity contribution >= 4 is 29.5 Å². The van der Waals surface area contributed by atoms with E-state index in [0.717, 1.165) is 4.90 Å². The summed E-state index contributed by atoms with van der Waals surface area (Å²) in [6.45, 7) is 3.69. The molecule has 3 rings (SSSR count). The molecule has 1 aromatic carbocycles. The molecular formula is C21H27N5O5. The van der Waals surface area contributed by atoms with Gasteiger partial charge < -0.3 is 16.6 Å². The molecule has 0 saturated carbocycles. The van der Waals surface area contributed by atoms with E-state index < -0.39 is 47.1 Å². The Labute approximate surface area is 179 Å². The number of fused-ring (bicyclic) bond motifs is 1. The van der Waals surface area contributed by atoms with Crippen LogP contribution < -0.4 is 11.5 Å². The first-order valence-electron chi connectivity index (χ1n) is 10.0. The van der Waals surface area contributed by atoms with Crippen LogP contribution in [-0.4, -0.2) is 64.1 Å². The number of hydrogen-bond acceptors (Lipinski definition) is 6. The summed E-state index contributed by atoms with van der Waals surface area (Å²) in [5.41, 5.74) is 9.68. The minimum Gasteiger partial charge on any atom is -0.480 e. The minimum absolute atomic E-state index is 0.0176. The van der Waals surface area contributed by atoms with Gasteiger partial charge in [0.15, 0.2) is 5.54 Å². The van der Waals surface area contributed by atoms with Crippen LogP contribution in [0.4, 0.5) is 0 Å². The van der Waals surface area contributed by atoms with Gasteiger partial charge in [-0.3, -0.25) is 29.6 Å². The van der Waals surface area contributed by atoms with E-state index in [1.807, 2.05) is 13.8 Å². The number of nitrogens with one attached hydrogen (secondary N) is 1. The number of amides is 3. The molecule has 10 heteroatoms. The lowest BCUT2D eigenvalue weighted by atomic mass is 9.74. The fourth-order valence-corrected chi connectivity index (χ4v) is 5.19. The number of amidine groups is 1. The third-order valence-corrected chi connectivity index (χ3v) is 6.45. The Morgan fingerprint density at radius 3 is 2.19 bits per heavy atom. The average molecular weight is 429 g/mol. The van der Waals surface area contributed by atoms with Gasteiger partial charge in [-0.1, -0.05) is 38.1 Å². The molecular weight excluding hydrogens is 402 g/mol. The molecule has 2 saturated heterocycles. The quantitative estimate of drug-likeness (QED) is 0.262. The van der Waals surface area contributed by atoms with Crippen LogP contribution in [0.15, 0.2) is 24.3 Å². The highest BCUT2D eigenvalue weighted by atomic mass is 16.4. The van der Waals surface area contributed by atoms with Crippen molar-refractivity contribution in [2.75, 3.05) is 13.6 Å². The molecule has 0 spiro atoms. The van der Waals surface area contributed by atoms with Crippen LogP contribution in [0.3, 0.4) is 0 Å². The van der Waals surface area contributed by atoms with Crippen molar-refractivity contribution in [1.29, 1.82) is 5.41 Å². The topological polar surface area (TPSA) is 171 Å². The normalized spacial score (nSPS) is 28.3. The van der Waals surface area contributed by atoms with Crippen LogP contribution in [0, 0.1) is 23.2 Å². The van der Waals surface area contributed by atoms with Gasteiger partial charge in [0.1, 0.15) is 5.84 Å². The highest BCUT2D eigenvalue weighted by molar-refractivity contribution is 6.09. The largest absolute Gasteiger partial charge is 0.480 e. The average Bonchev–Trinajstić information content (AvgIpc) is 3.12. The summed E-state index contributed by atoms with van der Waals surface area (Å²) >= 11 is 0. The van der Waals surface area contributed by atoms with Crippen molar-refractivity contribution in [1.82, 2.24) is 9.80 Å². The van der Waals surface area contributed by atoms with Crippen molar-refractivity contribution in [2.24, 2.45) is 29.2 Å². The van der Waals surface area contributed by atoms with E-state index >= 15 is 0 Å². The predicted octanol–water partition coefficient (Wildman–Crippen LogP) is -0.303. The first-order valence-corrected chi connectivity index (χ1v) is 10.0. The maximum Gasteiger partial charge on any atom is 0.329 e. The second-order valence-corrected chi connectivity index (χ2v) is 8.45. The van der Waals surface area contributed by atoms with E-state index in [4.69, 9.17) is 16.9 Å². The van der Waals surface area contributed by atoms with E-state index in [9.17, 15) is 24.3 Å². The van der Waals surface area contributed by atoms with Crippen molar-refractivity contribution in [3.05, 3.63) is 35.4 Å². The number of carbonyl (C=O) groups excluding carboxylic acids is 3. The van der Waals surface area contributed by atoms with Gasteiger partial charge in [-0.15, -0.1) is 0 Å². The fourth-order valence-electron chi connectivity index (χ4n) is 5.19. The molecule has 6 N–H and O–H groups in total. The third kappa shape index (κ3) is 3.18. The maximum atomic E-state index is 13.2. The number of aliphatic carboxylic acids is 1. The maximum absolute atomic E-state index is 13.2. The lowest BCUT2D eigenvalue weighted by molar-refractivity contribution is -0.160. The highest BCUT2D eigenvalue weighted by Crippen LogP contribution is 2.55. The molecule has 4 atom stereocenters. The third-order valence-electron chi connectivity index (χ3n) is 6.45. The van der Waals surface area contributed by atoms with Gasteiger partial charge in [0.25, 0.3) is 0 Å². The smallest absolute Gasteiger partial charge is 0.329 e. The van der Waals surface area contributed by atoms with Gasteiger partial charge >= 0.3 is 5.97 Å². The standard InChI is InChI=1S/C21H27N5O5/c1-10(2)16-14-15(19(29)25(3)18(14)28)21(20(30)31,26(16)9-8-13(22)27)12-6-4-11(5-7-12)17(23)24/h4-7,10,14-16H,8-9H2,1-3H3,(H2,22,27)(H3,23,24)(H,30,31). The summed E-state index contributed by atoms with van der Waals surface area (Å²) in [6, 6.07) is 5.46. The number of carboxylic acid groups (broad SMARTS) is 1. The predicted molar refractivity (Wildman–Crippen MR) is 111 cm³/mol. The van der Waals surface area contributed by atoms with E-state index in [1.54, 1.807) is 4.90 Å². The van der Waals surface area contributed by atoms with E-state index in [0.29, 0.717) is 5.56 Å². The number of primary amides is 1. The SMILES string of the molecule is CC(C)C1C2C(=O)N(C)C(=O)C2C(C(=O)O)(c2ccc(C(=N)N)cc2)N1CCC(N)=O. The summed E-state index contributed by atoms with van der Waals surface area (Å²) in [4.78, 5) is 53.3. The molecule has 0 aliphatic carbocycles. The molecule has 4 unspecified atom stereocenters. The van der Waals surface area contributed by atoms with Gasteiger partial charge in [-0.05, 0) is 11.5 Å². The Bertz CT molecular complexity index is 959. The lowest BCUT2D eigenvalue weighted by Crippen LogP contribution is -2.57. The van der Waals surface area contributed by atoms with Gasteiger partial charge in [-0.2, -0.15) is 0 Å². The Balaban J connectivity index is 2.30. The molecule has 3 amide bonds. The van der Waals surface area contributed by atoms with E-state index in [2.05, 4.69) is 0 Å². The number of imide groups is 1. The molecule has 10 nitrogen and oxygen atoms in total. The number of rotatable bonds is 7. The number of nitrogen functional groups attached to an aromatic ring is 1. The highest BCUT2D eigenvalue weighted by Gasteiger charge is 2.72. The minimum atomic E-state index is -1.87. The molecule has 2 aliphatic heterocycles. The number of nitrogens with two attached hydrogens (primary N) is 2. The fraction of sp³-hybridized carbons (Fsp3) is 0.476. The Kier molecular flexibility index (Phi) is 5.62. The van der Waals surface area contributed by atoms with Gasteiger partial charge in [0.05, 0.1) is 11.8 Å². The molecule has 166 valence electrons. The summed E-state index contributed by atoms with van der Waals surface area (Å²) in [5.74, 6) is -5.29. The summed E-state index contributed by atoms with van der Waals surface area (Å²) in [5, 5.41) is 18.1. The molecule has 2 fully saturated rings. The van der Waals surface area contributed by atoms with E-state index in [1.165, 1.54) is 31.3 Å². The molecule has 0 radical (unpaired) electrons. The summed E-state index contributed by atoms with van der Waals surface area (Å²) < 4.78 is 0. The van der Waals surface area contributed by atoms with Crippen molar-refractivity contribution in [3.8, 4) is 0 Å². The van der Waals surface area contributed by atoms with Crippen molar-refractivity contribution in [3.63, 3.8) is 0 Å². The van der Waals surface area contributed by atoms with Crippen LogP contribution in [0.1, 0.15) is 31.4 Å². The molecule has 2 heterocycles. The Morgan fingerprint density at radius 1 is 1.16 bits per heavy atom. The molecule has 0 bridgehead atoms. The zero-order valence-corrected chi connectivity index (χ0v) is 17.7. The van der Waals surface area contributed by atoms with Crippen molar-refractivity contribution in [2.45, 2.75) is 31.8 Å². The van der Waals surface area contributed by atoms with Crippen LogP contribution in [-0.2, 0) is 24.7 Å². The zero-order valence-electron chi connectivity index (χ0n) is 17.7. The lowest BCUT2D eigenvalue weighted by Gasteiger charge is -2.41. The van der Waals surface area contributed by atoms with Gasteiger partial charge in [0.2, 0.25) is 17.7 Å². The molecule has 1 aromatic rings. The number of hydrogen-bond donors (Lipinski definition) is 4. The summed E-state index contributed by atoms with van der Waals surface area (Å²) in [7, 11) is 1.36. The number of carbonyl (C=O) groups is 4. The number of benzene rings is 1. The molecule has 31 heavy (non-hydrogen) atoms. The zero-order chi connectivity index (χ0) is 23.2. The molecule has 2 aliphatic rings. The Hall–Kier alpha value is -3.27. The first kappa shape index (κ1) is 22.4. The van der Waals surface area contributed by atoms with Crippen LogP contribution in [0.5, 0.6) is 0 Å². The second-order valence-electron chi connectivity index (χ2n) is 8.45. The first-order chi connectivity index (χ1) is 14.5. The van der Waals surface area contributed by atoms with Crippen LogP contribution in [0.25, 0.3) is 0 Å². The number of nitrogens with zero attached hydrogens (tertiary/aromatic N) is 2. The number of carboxylic acids is 1. The van der Waals surface area contributed by atoms with Gasteiger partial charge in [0, 0.05) is 31.6 Å². The van der Waals surface area contributed by atoms with E-state index in [-0.39, 0.29) is 30.3 Å². The molecule has 0 aromatic heterocycles. The van der Waals surface area contributed by atoms with Gasteiger partial charge in [-0.25, -0.2) is 4.79 Å².